The average molecular weight is 528 g/mol. The van der Waals surface area contributed by atoms with Gasteiger partial charge in [0.2, 0.25) is 10.0 Å². The van der Waals surface area contributed by atoms with Crippen molar-refractivity contribution >= 4 is 66.2 Å². The Bertz CT molecular complexity index is 1420. The standard InChI is InChI=1S/C21H19Cl2N3O5S2/c1-13-17(4-3-5-19(13)25-32(2,28)29)21(27)24-15-7-9-16(10-8-15)33(30,31)26-20-11-6-14(22)12-18(20)23/h3-12,25-26H,1-2H3,(H,24,27). The lowest BCUT2D eigenvalue weighted by molar-refractivity contribution is 0.102. The maximum atomic E-state index is 12.7. The minimum atomic E-state index is -3.93. The van der Waals surface area contributed by atoms with Crippen molar-refractivity contribution in [3.63, 3.8) is 0 Å². The zero-order valence-electron chi connectivity index (χ0n) is 17.4. The first-order valence-corrected chi connectivity index (χ1v) is 13.5. The van der Waals surface area contributed by atoms with Crippen LogP contribution in [0.3, 0.4) is 0 Å². The predicted molar refractivity (Wildman–Crippen MR) is 131 cm³/mol. The first kappa shape index (κ1) is 24.8. The van der Waals surface area contributed by atoms with E-state index in [1.54, 1.807) is 25.1 Å². The van der Waals surface area contributed by atoms with E-state index in [2.05, 4.69) is 14.8 Å². The Hall–Kier alpha value is -2.79. The van der Waals surface area contributed by atoms with E-state index < -0.39 is 26.0 Å². The molecule has 0 saturated carbocycles. The van der Waals surface area contributed by atoms with Crippen LogP contribution in [0, 0.1) is 6.92 Å². The first-order chi connectivity index (χ1) is 15.4. The molecule has 0 bridgehead atoms. The van der Waals surface area contributed by atoms with E-state index in [0.29, 0.717) is 22.0 Å². The molecule has 33 heavy (non-hydrogen) atoms. The van der Waals surface area contributed by atoms with Crippen molar-refractivity contribution in [3.05, 3.63) is 81.8 Å². The summed E-state index contributed by atoms with van der Waals surface area (Å²) in [4.78, 5) is 12.7. The third-order valence-electron chi connectivity index (χ3n) is 4.47. The second-order valence-corrected chi connectivity index (χ2v) is 11.3. The van der Waals surface area contributed by atoms with E-state index in [9.17, 15) is 21.6 Å². The van der Waals surface area contributed by atoms with Crippen LogP contribution in [0.25, 0.3) is 0 Å². The lowest BCUT2D eigenvalue weighted by Crippen LogP contribution is -2.16. The van der Waals surface area contributed by atoms with Crippen LogP contribution in [0.1, 0.15) is 15.9 Å². The summed E-state index contributed by atoms with van der Waals surface area (Å²) < 4.78 is 53.1. The normalized spacial score (nSPS) is 11.6. The Labute approximate surface area is 202 Å². The molecular formula is C21H19Cl2N3O5S2. The summed E-state index contributed by atoms with van der Waals surface area (Å²) in [5, 5.41) is 3.19. The highest BCUT2D eigenvalue weighted by Gasteiger charge is 2.17. The van der Waals surface area contributed by atoms with Crippen molar-refractivity contribution in [3.8, 4) is 0 Å². The van der Waals surface area contributed by atoms with Gasteiger partial charge in [-0.2, -0.15) is 0 Å². The minimum absolute atomic E-state index is 0.0398. The van der Waals surface area contributed by atoms with Gasteiger partial charge in [0, 0.05) is 16.3 Å². The summed E-state index contributed by atoms with van der Waals surface area (Å²) in [7, 11) is -7.44. The van der Waals surface area contributed by atoms with E-state index in [1.165, 1.54) is 42.5 Å². The van der Waals surface area contributed by atoms with Gasteiger partial charge in [0.25, 0.3) is 15.9 Å². The fraction of sp³-hybridized carbons (Fsp3) is 0.0952. The molecular weight excluding hydrogens is 509 g/mol. The third-order valence-corrected chi connectivity index (χ3v) is 6.99. The molecule has 0 fully saturated rings. The van der Waals surface area contributed by atoms with Crippen LogP contribution in [0.4, 0.5) is 17.1 Å². The zero-order valence-corrected chi connectivity index (χ0v) is 20.5. The number of hydrogen-bond donors (Lipinski definition) is 3. The Kier molecular flexibility index (Phi) is 7.23. The van der Waals surface area contributed by atoms with E-state index in [1.807, 2.05) is 0 Å². The smallest absolute Gasteiger partial charge is 0.261 e. The molecule has 0 aliphatic carbocycles. The van der Waals surface area contributed by atoms with Crippen molar-refractivity contribution in [1.29, 1.82) is 0 Å². The van der Waals surface area contributed by atoms with Crippen molar-refractivity contribution in [1.82, 2.24) is 0 Å². The molecule has 174 valence electrons. The Morgan fingerprint density at radius 3 is 2.12 bits per heavy atom. The molecule has 0 heterocycles. The molecule has 12 heteroatoms. The van der Waals surface area contributed by atoms with Crippen molar-refractivity contribution in [2.45, 2.75) is 11.8 Å². The monoisotopic (exact) mass is 527 g/mol. The molecule has 1 amide bonds. The average Bonchev–Trinajstić information content (AvgIpc) is 2.71. The molecule has 0 spiro atoms. The quantitative estimate of drug-likeness (QED) is 0.410. The molecule has 3 rings (SSSR count). The van der Waals surface area contributed by atoms with Crippen LogP contribution < -0.4 is 14.8 Å². The van der Waals surface area contributed by atoms with Gasteiger partial charge in [0.1, 0.15) is 0 Å². The summed E-state index contributed by atoms with van der Waals surface area (Å²) in [5.41, 5.74) is 1.53. The van der Waals surface area contributed by atoms with Gasteiger partial charge in [-0.1, -0.05) is 29.3 Å². The number of sulfonamides is 2. The summed E-state index contributed by atoms with van der Waals surface area (Å²) in [6, 6.07) is 14.6. The summed E-state index contributed by atoms with van der Waals surface area (Å²) in [6.07, 6.45) is 1.02. The predicted octanol–water partition coefficient (Wildman–Crippen LogP) is 4.73. The minimum Gasteiger partial charge on any atom is -0.322 e. The van der Waals surface area contributed by atoms with Crippen LogP contribution in [0.2, 0.25) is 10.0 Å². The highest BCUT2D eigenvalue weighted by molar-refractivity contribution is 7.92. The van der Waals surface area contributed by atoms with Crippen LogP contribution in [-0.2, 0) is 20.0 Å². The maximum Gasteiger partial charge on any atom is 0.261 e. The van der Waals surface area contributed by atoms with Gasteiger partial charge in [-0.3, -0.25) is 14.2 Å². The highest BCUT2D eigenvalue weighted by Crippen LogP contribution is 2.28. The number of hydrogen-bond acceptors (Lipinski definition) is 5. The summed E-state index contributed by atoms with van der Waals surface area (Å²) >= 11 is 11.9. The second-order valence-electron chi connectivity index (χ2n) is 7.06. The lowest BCUT2D eigenvalue weighted by Gasteiger charge is -2.13. The zero-order chi connectivity index (χ0) is 24.4. The number of halogens is 2. The Balaban J connectivity index is 1.77. The molecule has 3 N–H and O–H groups in total. The lowest BCUT2D eigenvalue weighted by atomic mass is 10.1. The van der Waals surface area contributed by atoms with E-state index in [0.717, 1.165) is 6.26 Å². The first-order valence-electron chi connectivity index (χ1n) is 9.32. The van der Waals surface area contributed by atoms with Gasteiger partial charge in [-0.25, -0.2) is 16.8 Å². The maximum absolute atomic E-state index is 12.7. The van der Waals surface area contributed by atoms with Gasteiger partial charge in [-0.05, 0) is 67.1 Å². The molecule has 0 aliphatic rings. The van der Waals surface area contributed by atoms with Crippen LogP contribution in [0.5, 0.6) is 0 Å². The van der Waals surface area contributed by atoms with E-state index >= 15 is 0 Å². The molecule has 3 aromatic rings. The highest BCUT2D eigenvalue weighted by atomic mass is 35.5. The number of carbonyl (C=O) groups excluding carboxylic acids is 1. The van der Waals surface area contributed by atoms with Gasteiger partial charge in [0.05, 0.1) is 27.5 Å². The molecule has 0 aliphatic heterocycles. The third kappa shape index (κ3) is 6.38. The van der Waals surface area contributed by atoms with Crippen molar-refractivity contribution < 1.29 is 21.6 Å². The number of carbonyl (C=O) groups is 1. The number of amides is 1. The molecule has 8 nitrogen and oxygen atoms in total. The molecule has 3 aromatic carbocycles. The molecule has 0 atom stereocenters. The van der Waals surface area contributed by atoms with Gasteiger partial charge >= 0.3 is 0 Å². The molecule has 0 saturated heterocycles. The number of benzene rings is 3. The molecule has 0 unspecified atom stereocenters. The van der Waals surface area contributed by atoms with Crippen LogP contribution in [-0.4, -0.2) is 29.0 Å². The molecule has 0 radical (unpaired) electrons. The Morgan fingerprint density at radius 2 is 1.52 bits per heavy atom. The van der Waals surface area contributed by atoms with Crippen LogP contribution in [0.15, 0.2) is 65.6 Å². The van der Waals surface area contributed by atoms with Gasteiger partial charge in [0.15, 0.2) is 0 Å². The molecule has 0 aromatic heterocycles. The van der Waals surface area contributed by atoms with Crippen molar-refractivity contribution in [2.75, 3.05) is 21.0 Å². The number of rotatable bonds is 7. The fourth-order valence-corrected chi connectivity index (χ4v) is 5.10. The van der Waals surface area contributed by atoms with E-state index in [-0.39, 0.29) is 21.2 Å². The number of anilines is 3. The summed E-state index contributed by atoms with van der Waals surface area (Å²) in [5.74, 6) is -0.480. The van der Waals surface area contributed by atoms with Crippen LogP contribution >= 0.6 is 23.2 Å². The van der Waals surface area contributed by atoms with Gasteiger partial charge in [-0.15, -0.1) is 0 Å². The Morgan fingerprint density at radius 1 is 0.848 bits per heavy atom. The number of nitrogens with one attached hydrogen (secondary N) is 3. The topological polar surface area (TPSA) is 121 Å². The van der Waals surface area contributed by atoms with Crippen molar-refractivity contribution in [2.24, 2.45) is 0 Å². The summed E-state index contributed by atoms with van der Waals surface area (Å²) in [6.45, 7) is 1.62. The fourth-order valence-electron chi connectivity index (χ4n) is 2.88. The SMILES string of the molecule is Cc1c(NS(C)(=O)=O)cccc1C(=O)Nc1ccc(S(=O)(=O)Nc2ccc(Cl)cc2Cl)cc1. The largest absolute Gasteiger partial charge is 0.322 e. The van der Waals surface area contributed by atoms with E-state index in [4.69, 9.17) is 23.2 Å². The second kappa shape index (κ2) is 9.60. The van der Waals surface area contributed by atoms with Gasteiger partial charge < -0.3 is 5.32 Å².